The number of phenols is 1. The molecular formula is C21H30ClNO3S. The first-order chi connectivity index (χ1) is 12.0. The summed E-state index contributed by atoms with van der Waals surface area (Å²) in [5.74, 6) is -0.150. The Bertz CT molecular complexity index is 870. The van der Waals surface area contributed by atoms with Crippen LogP contribution in [-0.2, 0) is 28.2 Å². The van der Waals surface area contributed by atoms with E-state index in [1.807, 2.05) is 26.8 Å². The Balaban J connectivity index is 0.00000364. The Kier molecular flexibility index (Phi) is 7.90. The van der Waals surface area contributed by atoms with Gasteiger partial charge in [-0.3, -0.25) is 0 Å². The van der Waals surface area contributed by atoms with Gasteiger partial charge in [0.15, 0.2) is 9.84 Å². The standard InChI is InChI=1S/C21H29NO3S.ClH/c1-15-6-8-16(9-7-15)10-11-22-14-17-12-18(21(2,3)4)13-19(20(17)23)26(5,24)25;/h6-9,12-13,22-23H,10-11,14H2,1-5H3;1H. The summed E-state index contributed by atoms with van der Waals surface area (Å²) in [4.78, 5) is 0.000240. The van der Waals surface area contributed by atoms with Crippen LogP contribution in [0.5, 0.6) is 5.75 Å². The summed E-state index contributed by atoms with van der Waals surface area (Å²) in [6.07, 6.45) is 2.00. The second-order valence-electron chi connectivity index (χ2n) is 7.92. The molecule has 0 radical (unpaired) electrons. The lowest BCUT2D eigenvalue weighted by Crippen LogP contribution is -2.19. The molecule has 2 aromatic rings. The van der Waals surface area contributed by atoms with Crippen LogP contribution in [0.4, 0.5) is 0 Å². The third-order valence-corrected chi connectivity index (χ3v) is 5.56. The van der Waals surface area contributed by atoms with Crippen molar-refractivity contribution in [1.29, 1.82) is 0 Å². The summed E-state index contributed by atoms with van der Waals surface area (Å²) in [5, 5.41) is 13.8. The van der Waals surface area contributed by atoms with Crippen LogP contribution < -0.4 is 5.32 Å². The van der Waals surface area contributed by atoms with Crippen LogP contribution in [0.3, 0.4) is 0 Å². The molecule has 6 heteroatoms. The fourth-order valence-corrected chi connectivity index (χ4v) is 3.55. The first kappa shape index (κ1) is 23.5. The molecular weight excluding hydrogens is 382 g/mol. The van der Waals surface area contributed by atoms with Crippen molar-refractivity contribution in [1.82, 2.24) is 5.32 Å². The predicted molar refractivity (Wildman–Crippen MR) is 114 cm³/mol. The van der Waals surface area contributed by atoms with E-state index in [2.05, 4.69) is 36.5 Å². The fraction of sp³-hybridized carbons (Fsp3) is 0.429. The molecule has 0 heterocycles. The highest BCUT2D eigenvalue weighted by molar-refractivity contribution is 7.90. The molecule has 0 aromatic heterocycles. The van der Waals surface area contributed by atoms with Gasteiger partial charge in [-0.25, -0.2) is 8.42 Å². The van der Waals surface area contributed by atoms with Gasteiger partial charge in [0.05, 0.1) is 0 Å². The second-order valence-corrected chi connectivity index (χ2v) is 9.90. The summed E-state index contributed by atoms with van der Waals surface area (Å²) in [6, 6.07) is 11.9. The molecule has 0 aliphatic heterocycles. The van der Waals surface area contributed by atoms with Crippen molar-refractivity contribution in [3.05, 3.63) is 58.7 Å². The highest BCUT2D eigenvalue weighted by atomic mass is 35.5. The Morgan fingerprint density at radius 1 is 1.07 bits per heavy atom. The van der Waals surface area contributed by atoms with E-state index >= 15 is 0 Å². The monoisotopic (exact) mass is 411 g/mol. The summed E-state index contributed by atoms with van der Waals surface area (Å²) in [7, 11) is -3.49. The Labute approximate surface area is 169 Å². The molecule has 2 aromatic carbocycles. The number of halogens is 1. The zero-order valence-corrected chi connectivity index (χ0v) is 18.3. The Morgan fingerprint density at radius 2 is 1.67 bits per heavy atom. The second kappa shape index (κ2) is 9.09. The quantitative estimate of drug-likeness (QED) is 0.700. The molecule has 0 amide bonds. The van der Waals surface area contributed by atoms with Crippen LogP contribution in [0.25, 0.3) is 0 Å². The van der Waals surface area contributed by atoms with E-state index < -0.39 is 9.84 Å². The molecule has 0 saturated carbocycles. The van der Waals surface area contributed by atoms with Crippen molar-refractivity contribution in [2.24, 2.45) is 0 Å². The van der Waals surface area contributed by atoms with Crippen LogP contribution >= 0.6 is 12.4 Å². The van der Waals surface area contributed by atoms with Gasteiger partial charge in [0, 0.05) is 18.4 Å². The van der Waals surface area contributed by atoms with Gasteiger partial charge in [-0.15, -0.1) is 12.4 Å². The number of benzene rings is 2. The lowest BCUT2D eigenvalue weighted by atomic mass is 9.86. The number of nitrogens with one attached hydrogen (secondary N) is 1. The zero-order valence-electron chi connectivity index (χ0n) is 16.7. The van der Waals surface area contributed by atoms with E-state index in [1.165, 1.54) is 11.1 Å². The van der Waals surface area contributed by atoms with Gasteiger partial charge < -0.3 is 10.4 Å². The fourth-order valence-electron chi connectivity index (χ4n) is 2.73. The molecule has 0 spiro atoms. The van der Waals surface area contributed by atoms with E-state index in [4.69, 9.17) is 0 Å². The summed E-state index contributed by atoms with van der Waals surface area (Å²) >= 11 is 0. The van der Waals surface area contributed by atoms with Crippen LogP contribution in [0.15, 0.2) is 41.3 Å². The van der Waals surface area contributed by atoms with Gasteiger partial charge in [-0.2, -0.15) is 0 Å². The van der Waals surface area contributed by atoms with Crippen molar-refractivity contribution in [3.8, 4) is 5.75 Å². The van der Waals surface area contributed by atoms with E-state index in [-0.39, 0.29) is 28.5 Å². The molecule has 0 unspecified atom stereocenters. The molecule has 4 nitrogen and oxygen atoms in total. The number of aromatic hydroxyl groups is 1. The number of hydrogen-bond donors (Lipinski definition) is 2. The van der Waals surface area contributed by atoms with E-state index in [9.17, 15) is 13.5 Å². The zero-order chi connectivity index (χ0) is 19.5. The minimum Gasteiger partial charge on any atom is -0.506 e. The molecule has 0 saturated heterocycles. The molecule has 27 heavy (non-hydrogen) atoms. The highest BCUT2D eigenvalue weighted by Gasteiger charge is 2.22. The molecule has 0 aliphatic carbocycles. The van der Waals surface area contributed by atoms with Crippen molar-refractivity contribution < 1.29 is 13.5 Å². The minimum atomic E-state index is -3.49. The molecule has 2 rings (SSSR count). The lowest BCUT2D eigenvalue weighted by Gasteiger charge is -2.22. The summed E-state index contributed by atoms with van der Waals surface area (Å²) in [6.45, 7) is 9.31. The van der Waals surface area contributed by atoms with Crippen LogP contribution in [0.1, 0.15) is 43.0 Å². The number of aryl methyl sites for hydroxylation is 1. The van der Waals surface area contributed by atoms with Crippen LogP contribution in [-0.4, -0.2) is 26.3 Å². The largest absolute Gasteiger partial charge is 0.506 e. The molecule has 150 valence electrons. The minimum absolute atomic E-state index is 0. The average Bonchev–Trinajstić information content (AvgIpc) is 2.52. The maximum Gasteiger partial charge on any atom is 0.179 e. The Hall–Kier alpha value is -1.56. The average molecular weight is 412 g/mol. The van der Waals surface area contributed by atoms with E-state index in [0.717, 1.165) is 24.8 Å². The van der Waals surface area contributed by atoms with Crippen LogP contribution in [0.2, 0.25) is 0 Å². The van der Waals surface area contributed by atoms with Gasteiger partial charge in [-0.1, -0.05) is 56.7 Å². The smallest absolute Gasteiger partial charge is 0.179 e. The molecule has 0 fully saturated rings. The maximum absolute atomic E-state index is 12.0. The first-order valence-corrected chi connectivity index (χ1v) is 10.7. The van der Waals surface area contributed by atoms with Gasteiger partial charge >= 0.3 is 0 Å². The molecule has 0 atom stereocenters. The number of rotatable bonds is 6. The SMILES string of the molecule is Cc1ccc(CCNCc2cc(C(C)(C)C)cc(S(C)(=O)=O)c2O)cc1.Cl. The summed E-state index contributed by atoms with van der Waals surface area (Å²) < 4.78 is 24.1. The third-order valence-electron chi connectivity index (χ3n) is 4.45. The maximum atomic E-state index is 12.0. The van der Waals surface area contributed by atoms with E-state index in [1.54, 1.807) is 6.07 Å². The molecule has 0 bridgehead atoms. The van der Waals surface area contributed by atoms with Gasteiger partial charge in [-0.05, 0) is 42.5 Å². The predicted octanol–water partition coefficient (Wildman–Crippen LogP) is 4.16. The Morgan fingerprint density at radius 3 is 2.19 bits per heavy atom. The summed E-state index contributed by atoms with van der Waals surface area (Å²) in [5.41, 5.74) is 3.78. The molecule has 2 N–H and O–H groups in total. The lowest BCUT2D eigenvalue weighted by molar-refractivity contribution is 0.446. The van der Waals surface area contributed by atoms with Gasteiger partial charge in [0.2, 0.25) is 0 Å². The topological polar surface area (TPSA) is 66.4 Å². The number of sulfone groups is 1. The molecule has 0 aliphatic rings. The van der Waals surface area contributed by atoms with Crippen LogP contribution in [0, 0.1) is 6.92 Å². The van der Waals surface area contributed by atoms with Gasteiger partial charge in [0.1, 0.15) is 10.6 Å². The van der Waals surface area contributed by atoms with Crippen molar-refractivity contribution in [3.63, 3.8) is 0 Å². The normalized spacial score (nSPS) is 11.9. The number of phenolic OH excluding ortho intramolecular Hbond substituents is 1. The third kappa shape index (κ3) is 6.52. The van der Waals surface area contributed by atoms with E-state index in [0.29, 0.717) is 12.1 Å². The van der Waals surface area contributed by atoms with Crippen molar-refractivity contribution in [2.75, 3.05) is 12.8 Å². The first-order valence-electron chi connectivity index (χ1n) is 8.81. The van der Waals surface area contributed by atoms with Gasteiger partial charge in [0.25, 0.3) is 0 Å². The highest BCUT2D eigenvalue weighted by Crippen LogP contribution is 2.33. The van der Waals surface area contributed by atoms with Crippen molar-refractivity contribution in [2.45, 2.75) is 51.0 Å². The van der Waals surface area contributed by atoms with Crippen molar-refractivity contribution >= 4 is 22.2 Å². The number of hydrogen-bond acceptors (Lipinski definition) is 4.